The first-order valence-corrected chi connectivity index (χ1v) is 6.92. The Bertz CT molecular complexity index is 408. The van der Waals surface area contributed by atoms with Crippen molar-refractivity contribution in [3.8, 4) is 0 Å². The lowest BCUT2D eigenvalue weighted by atomic mass is 9.98. The second-order valence-corrected chi connectivity index (χ2v) is 7.45. The fraction of sp³-hybridized carbons (Fsp3) is 0.857. The zero-order valence-corrected chi connectivity index (χ0v) is 13.3. The van der Waals surface area contributed by atoms with E-state index < -0.39 is 35.3 Å². The van der Waals surface area contributed by atoms with Gasteiger partial charge >= 0.3 is 6.09 Å². The Morgan fingerprint density at radius 2 is 1.70 bits per heavy atom. The van der Waals surface area contributed by atoms with Gasteiger partial charge in [0.2, 0.25) is 6.04 Å². The molecule has 0 spiro atoms. The SMILES string of the molecule is CC(C)(C)OC(=O)[N+]1(C(C)(C)C)CC[C@H](O)[C@H]1C(N)=O. The molecule has 0 aliphatic carbocycles. The monoisotopic (exact) mass is 287 g/mol. The van der Waals surface area contributed by atoms with Gasteiger partial charge < -0.3 is 15.6 Å². The average molecular weight is 287 g/mol. The van der Waals surface area contributed by atoms with Crippen LogP contribution in [-0.4, -0.2) is 51.4 Å². The zero-order chi connectivity index (χ0) is 15.9. The van der Waals surface area contributed by atoms with Crippen molar-refractivity contribution in [1.29, 1.82) is 0 Å². The number of ether oxygens (including phenoxy) is 1. The summed E-state index contributed by atoms with van der Waals surface area (Å²) >= 11 is 0. The average Bonchev–Trinajstić information content (AvgIpc) is 2.53. The van der Waals surface area contributed by atoms with Gasteiger partial charge in [-0.2, -0.15) is 4.79 Å². The number of hydrogen-bond donors (Lipinski definition) is 2. The molecule has 1 aliphatic heterocycles. The summed E-state index contributed by atoms with van der Waals surface area (Å²) in [6, 6.07) is -0.968. The van der Waals surface area contributed by atoms with Crippen LogP contribution in [0.2, 0.25) is 0 Å². The topological polar surface area (TPSA) is 89.6 Å². The number of rotatable bonds is 1. The number of carbonyl (C=O) groups excluding carboxylic acids is 2. The number of aliphatic hydroxyl groups is 1. The molecule has 0 bridgehead atoms. The van der Waals surface area contributed by atoms with E-state index in [1.165, 1.54) is 0 Å². The van der Waals surface area contributed by atoms with Crippen LogP contribution in [0.25, 0.3) is 0 Å². The Balaban J connectivity index is 3.32. The molecule has 2 amide bonds. The number of nitrogens with zero attached hydrogens (tertiary/aromatic N) is 1. The van der Waals surface area contributed by atoms with Gasteiger partial charge in [-0.15, -0.1) is 0 Å². The molecule has 0 radical (unpaired) electrons. The maximum absolute atomic E-state index is 12.7. The minimum absolute atomic E-state index is 0.263. The summed E-state index contributed by atoms with van der Waals surface area (Å²) in [5, 5.41) is 10.1. The molecule has 3 N–H and O–H groups in total. The van der Waals surface area contributed by atoms with Gasteiger partial charge in [0.05, 0.1) is 6.54 Å². The van der Waals surface area contributed by atoms with Gasteiger partial charge in [0.25, 0.3) is 5.91 Å². The highest BCUT2D eigenvalue weighted by atomic mass is 16.6. The fourth-order valence-electron chi connectivity index (χ4n) is 2.91. The van der Waals surface area contributed by atoms with Crippen LogP contribution in [0.1, 0.15) is 48.0 Å². The smallest absolute Gasteiger partial charge is 0.414 e. The minimum atomic E-state index is -0.968. The first-order chi connectivity index (χ1) is 8.83. The maximum atomic E-state index is 12.7. The third-order valence-corrected chi connectivity index (χ3v) is 3.82. The normalized spacial score (nSPS) is 31.1. The Morgan fingerprint density at radius 3 is 2.05 bits per heavy atom. The Morgan fingerprint density at radius 1 is 1.20 bits per heavy atom. The van der Waals surface area contributed by atoms with E-state index in [1.807, 2.05) is 20.8 Å². The first kappa shape index (κ1) is 16.9. The van der Waals surface area contributed by atoms with Crippen molar-refractivity contribution in [2.45, 2.75) is 71.2 Å². The molecule has 1 aliphatic rings. The molecule has 3 atom stereocenters. The molecule has 0 aromatic heterocycles. The lowest BCUT2D eigenvalue weighted by Gasteiger charge is -2.45. The second-order valence-electron chi connectivity index (χ2n) is 7.45. The molecule has 1 fully saturated rings. The highest BCUT2D eigenvalue weighted by Gasteiger charge is 2.63. The van der Waals surface area contributed by atoms with Crippen LogP contribution in [0.3, 0.4) is 0 Å². The van der Waals surface area contributed by atoms with Crippen molar-refractivity contribution in [2.24, 2.45) is 5.73 Å². The van der Waals surface area contributed by atoms with Gasteiger partial charge in [-0.1, -0.05) is 0 Å². The Hall–Kier alpha value is -1.14. The van der Waals surface area contributed by atoms with Crippen molar-refractivity contribution < 1.29 is 23.9 Å². The minimum Gasteiger partial charge on any atom is -0.414 e. The van der Waals surface area contributed by atoms with E-state index in [4.69, 9.17) is 10.5 Å². The Kier molecular flexibility index (Phi) is 4.23. The van der Waals surface area contributed by atoms with Crippen LogP contribution in [-0.2, 0) is 9.53 Å². The van der Waals surface area contributed by atoms with Crippen LogP contribution in [0.5, 0.6) is 0 Å². The molecule has 0 aromatic carbocycles. The van der Waals surface area contributed by atoms with E-state index in [2.05, 4.69) is 0 Å². The predicted molar refractivity (Wildman–Crippen MR) is 74.7 cm³/mol. The standard InChI is InChI=1S/C14H26N2O4/c1-13(2,3)16(12(19)20-14(4,5)6)8-7-9(17)10(16)11(15)18/h9-10,17H,7-8H2,1-6H3,(H-,15,18)/p+1/t9-,10-,16?/m0/s1. The number of nitrogens with two attached hydrogens (primary N) is 1. The van der Waals surface area contributed by atoms with Gasteiger partial charge in [0, 0.05) is 6.42 Å². The van der Waals surface area contributed by atoms with Crippen LogP contribution >= 0.6 is 0 Å². The summed E-state index contributed by atoms with van der Waals surface area (Å²) < 4.78 is 5.23. The summed E-state index contributed by atoms with van der Waals surface area (Å²) in [4.78, 5) is 24.5. The van der Waals surface area contributed by atoms with Gasteiger partial charge in [-0.3, -0.25) is 4.79 Å². The van der Waals surface area contributed by atoms with Crippen LogP contribution < -0.4 is 5.73 Å². The van der Waals surface area contributed by atoms with E-state index >= 15 is 0 Å². The lowest BCUT2D eigenvalue weighted by molar-refractivity contribution is -0.908. The van der Waals surface area contributed by atoms with Gasteiger partial charge in [-0.05, 0) is 41.5 Å². The molecule has 0 aromatic rings. The number of aliphatic hydroxyl groups excluding tert-OH is 1. The molecule has 1 unspecified atom stereocenters. The fourth-order valence-corrected chi connectivity index (χ4v) is 2.91. The molecular weight excluding hydrogens is 260 g/mol. The van der Waals surface area contributed by atoms with Crippen LogP contribution in [0, 0.1) is 0 Å². The van der Waals surface area contributed by atoms with Crippen molar-refractivity contribution in [1.82, 2.24) is 0 Å². The molecule has 116 valence electrons. The van der Waals surface area contributed by atoms with Gasteiger partial charge in [-0.25, -0.2) is 4.48 Å². The molecule has 1 rings (SSSR count). The van der Waals surface area contributed by atoms with Crippen molar-refractivity contribution >= 4 is 12.0 Å². The predicted octanol–water partition coefficient (Wildman–Crippen LogP) is 1.16. The van der Waals surface area contributed by atoms with Crippen LogP contribution in [0.15, 0.2) is 0 Å². The summed E-state index contributed by atoms with van der Waals surface area (Å²) in [6.07, 6.45) is -1.07. The summed E-state index contributed by atoms with van der Waals surface area (Å²) in [6.45, 7) is 11.2. The molecule has 1 saturated heterocycles. The molecule has 20 heavy (non-hydrogen) atoms. The number of amides is 2. The van der Waals surface area contributed by atoms with E-state index in [0.29, 0.717) is 13.0 Å². The van der Waals surface area contributed by atoms with E-state index in [1.54, 1.807) is 20.8 Å². The molecule has 6 nitrogen and oxygen atoms in total. The highest BCUT2D eigenvalue weighted by Crippen LogP contribution is 2.38. The van der Waals surface area contributed by atoms with E-state index in [-0.39, 0.29) is 4.48 Å². The first-order valence-electron chi connectivity index (χ1n) is 6.92. The summed E-state index contributed by atoms with van der Waals surface area (Å²) in [5.41, 5.74) is 4.18. The second kappa shape index (κ2) is 5.00. The van der Waals surface area contributed by atoms with E-state index in [9.17, 15) is 14.7 Å². The highest BCUT2D eigenvalue weighted by molar-refractivity contribution is 5.82. The lowest BCUT2D eigenvalue weighted by Crippen LogP contribution is -2.71. The van der Waals surface area contributed by atoms with Crippen molar-refractivity contribution in [2.75, 3.05) is 6.54 Å². The van der Waals surface area contributed by atoms with Gasteiger partial charge in [0.1, 0.15) is 17.2 Å². The van der Waals surface area contributed by atoms with E-state index in [0.717, 1.165) is 0 Å². The van der Waals surface area contributed by atoms with Crippen LogP contribution in [0.4, 0.5) is 4.79 Å². The summed E-state index contributed by atoms with van der Waals surface area (Å²) in [7, 11) is 0. The number of hydrogen-bond acceptors (Lipinski definition) is 4. The maximum Gasteiger partial charge on any atom is 0.517 e. The number of carbonyl (C=O) groups is 2. The Labute approximate surface area is 120 Å². The quantitative estimate of drug-likeness (QED) is 0.708. The third kappa shape index (κ3) is 2.81. The number of primary amides is 1. The third-order valence-electron chi connectivity index (χ3n) is 3.82. The summed E-state index contributed by atoms with van der Waals surface area (Å²) in [5.74, 6) is -0.671. The molecule has 6 heteroatoms. The van der Waals surface area contributed by atoms with Gasteiger partial charge in [0.15, 0.2) is 0 Å². The number of likely N-dealkylation sites (tertiary alicyclic amines) is 1. The largest absolute Gasteiger partial charge is 0.517 e. The number of quaternary nitrogens is 1. The van der Waals surface area contributed by atoms with Crippen molar-refractivity contribution in [3.05, 3.63) is 0 Å². The zero-order valence-electron chi connectivity index (χ0n) is 13.3. The molecule has 0 saturated carbocycles. The molecular formula is C14H27N2O4+. The van der Waals surface area contributed by atoms with Crippen molar-refractivity contribution in [3.63, 3.8) is 0 Å². The molecule has 1 heterocycles.